The van der Waals surface area contributed by atoms with Crippen molar-refractivity contribution < 1.29 is 0 Å². The molecule has 0 atom stereocenters. The Balaban J connectivity index is 1.68. The van der Waals surface area contributed by atoms with Gasteiger partial charge in [-0.05, 0) is 58.0 Å². The van der Waals surface area contributed by atoms with E-state index in [2.05, 4.69) is 31.0 Å². The number of rotatable bonds is 4. The zero-order chi connectivity index (χ0) is 11.6. The quantitative estimate of drug-likeness (QED) is 0.790. The summed E-state index contributed by atoms with van der Waals surface area (Å²) in [6.45, 7) is 10.9. The summed E-state index contributed by atoms with van der Waals surface area (Å²) in [5.74, 6) is 0.814. The Hall–Kier alpha value is -0.0800. The van der Waals surface area contributed by atoms with Crippen molar-refractivity contribution in [3.8, 4) is 0 Å². The summed E-state index contributed by atoms with van der Waals surface area (Å²) in [7, 11) is 0. The van der Waals surface area contributed by atoms with Gasteiger partial charge in [0.05, 0.1) is 0 Å². The number of hydrogen-bond acceptors (Lipinski definition) is 2. The predicted octanol–water partition coefficient (Wildman–Crippen LogP) is 2.64. The monoisotopic (exact) mass is 224 g/mol. The molecule has 2 heteroatoms. The summed E-state index contributed by atoms with van der Waals surface area (Å²) in [6.07, 6.45) is 6.90. The summed E-state index contributed by atoms with van der Waals surface area (Å²) in [4.78, 5) is 2.63. The summed E-state index contributed by atoms with van der Waals surface area (Å²) >= 11 is 0. The lowest BCUT2D eigenvalue weighted by atomic mass is 9.77. The van der Waals surface area contributed by atoms with Crippen LogP contribution in [0.15, 0.2) is 0 Å². The zero-order valence-electron chi connectivity index (χ0n) is 11.3. The van der Waals surface area contributed by atoms with Crippen molar-refractivity contribution in [2.75, 3.05) is 19.6 Å². The molecular weight excluding hydrogens is 196 g/mol. The molecule has 0 aromatic rings. The molecule has 0 aromatic carbocycles. The second kappa shape index (κ2) is 5.05. The molecular formula is C14H28N2. The van der Waals surface area contributed by atoms with E-state index in [4.69, 9.17) is 0 Å². The SMILES string of the molecule is CC(C)CN1CCC(NC2(C)CCC2)CC1. The smallest absolute Gasteiger partial charge is 0.0156 e. The molecule has 1 heterocycles. The summed E-state index contributed by atoms with van der Waals surface area (Å²) < 4.78 is 0. The Bertz CT molecular complexity index is 213. The molecule has 2 nitrogen and oxygen atoms in total. The summed E-state index contributed by atoms with van der Waals surface area (Å²) in [6, 6.07) is 0.786. The van der Waals surface area contributed by atoms with Gasteiger partial charge in [0.15, 0.2) is 0 Å². The lowest BCUT2D eigenvalue weighted by Gasteiger charge is -2.44. The topological polar surface area (TPSA) is 15.3 Å². The minimum absolute atomic E-state index is 0.491. The molecule has 1 aliphatic carbocycles. The van der Waals surface area contributed by atoms with Gasteiger partial charge in [-0.3, -0.25) is 0 Å². The van der Waals surface area contributed by atoms with Crippen molar-refractivity contribution in [1.29, 1.82) is 0 Å². The molecule has 1 saturated carbocycles. The van der Waals surface area contributed by atoms with Gasteiger partial charge < -0.3 is 10.2 Å². The van der Waals surface area contributed by atoms with E-state index < -0.39 is 0 Å². The normalized spacial score (nSPS) is 27.0. The average molecular weight is 224 g/mol. The summed E-state index contributed by atoms with van der Waals surface area (Å²) in [5, 5.41) is 3.88. The van der Waals surface area contributed by atoms with E-state index in [-0.39, 0.29) is 0 Å². The molecule has 1 N–H and O–H groups in total. The van der Waals surface area contributed by atoms with E-state index in [1.165, 1.54) is 51.7 Å². The molecule has 1 saturated heterocycles. The second-order valence-electron chi connectivity index (χ2n) is 6.53. The number of nitrogens with zero attached hydrogens (tertiary/aromatic N) is 1. The number of hydrogen-bond donors (Lipinski definition) is 1. The van der Waals surface area contributed by atoms with Crippen LogP contribution in [0.2, 0.25) is 0 Å². The Morgan fingerprint density at radius 2 is 1.88 bits per heavy atom. The van der Waals surface area contributed by atoms with Gasteiger partial charge in [-0.2, -0.15) is 0 Å². The predicted molar refractivity (Wildman–Crippen MR) is 69.7 cm³/mol. The molecule has 2 aliphatic rings. The molecule has 1 aliphatic heterocycles. The van der Waals surface area contributed by atoms with Crippen LogP contribution >= 0.6 is 0 Å². The van der Waals surface area contributed by atoms with Crippen molar-refractivity contribution in [3.05, 3.63) is 0 Å². The van der Waals surface area contributed by atoms with E-state index in [0.29, 0.717) is 5.54 Å². The minimum Gasteiger partial charge on any atom is -0.309 e. The maximum atomic E-state index is 3.88. The molecule has 0 radical (unpaired) electrons. The number of likely N-dealkylation sites (tertiary alicyclic amines) is 1. The lowest BCUT2D eigenvalue weighted by Crippen LogP contribution is -2.55. The molecule has 0 amide bonds. The average Bonchev–Trinajstić information content (AvgIpc) is 2.18. The molecule has 16 heavy (non-hydrogen) atoms. The van der Waals surface area contributed by atoms with Crippen LogP contribution in [-0.2, 0) is 0 Å². The number of nitrogens with one attached hydrogen (secondary N) is 1. The fourth-order valence-electron chi connectivity index (χ4n) is 3.12. The molecule has 0 spiro atoms. The van der Waals surface area contributed by atoms with Gasteiger partial charge in [-0.25, -0.2) is 0 Å². The molecule has 2 fully saturated rings. The minimum atomic E-state index is 0.491. The van der Waals surface area contributed by atoms with Crippen molar-refractivity contribution in [1.82, 2.24) is 10.2 Å². The van der Waals surface area contributed by atoms with Gasteiger partial charge in [0.1, 0.15) is 0 Å². The van der Waals surface area contributed by atoms with E-state index in [0.717, 1.165) is 12.0 Å². The first-order chi connectivity index (χ1) is 7.57. The van der Waals surface area contributed by atoms with Gasteiger partial charge in [-0.15, -0.1) is 0 Å². The highest BCUT2D eigenvalue weighted by molar-refractivity contribution is 4.94. The standard InChI is InChI=1S/C14H28N2/c1-12(2)11-16-9-5-13(6-10-16)15-14(3)7-4-8-14/h12-13,15H,4-11H2,1-3H3. The van der Waals surface area contributed by atoms with E-state index >= 15 is 0 Å². The molecule has 94 valence electrons. The van der Waals surface area contributed by atoms with E-state index in [1.807, 2.05) is 0 Å². The largest absolute Gasteiger partial charge is 0.309 e. The third kappa shape index (κ3) is 3.21. The highest BCUT2D eigenvalue weighted by atomic mass is 15.1. The van der Waals surface area contributed by atoms with Crippen molar-refractivity contribution in [3.63, 3.8) is 0 Å². The van der Waals surface area contributed by atoms with Crippen LogP contribution in [0.4, 0.5) is 0 Å². The van der Waals surface area contributed by atoms with Gasteiger partial charge in [-0.1, -0.05) is 13.8 Å². The molecule has 2 rings (SSSR count). The van der Waals surface area contributed by atoms with Gasteiger partial charge in [0, 0.05) is 18.1 Å². The van der Waals surface area contributed by atoms with Crippen LogP contribution in [0.3, 0.4) is 0 Å². The van der Waals surface area contributed by atoms with Crippen molar-refractivity contribution in [2.45, 2.75) is 64.5 Å². The van der Waals surface area contributed by atoms with Crippen molar-refractivity contribution >= 4 is 0 Å². The van der Waals surface area contributed by atoms with Crippen LogP contribution in [0.5, 0.6) is 0 Å². The molecule has 0 bridgehead atoms. The second-order valence-corrected chi connectivity index (χ2v) is 6.53. The Kier molecular flexibility index (Phi) is 3.91. The fraction of sp³-hybridized carbons (Fsp3) is 1.00. The van der Waals surface area contributed by atoms with Crippen LogP contribution in [0, 0.1) is 5.92 Å². The first-order valence-electron chi connectivity index (χ1n) is 7.07. The summed E-state index contributed by atoms with van der Waals surface area (Å²) in [5.41, 5.74) is 0.491. The highest BCUT2D eigenvalue weighted by Gasteiger charge is 2.34. The first-order valence-corrected chi connectivity index (χ1v) is 7.07. The van der Waals surface area contributed by atoms with Crippen LogP contribution in [-0.4, -0.2) is 36.1 Å². The maximum absolute atomic E-state index is 3.88. The molecule has 0 unspecified atom stereocenters. The Morgan fingerprint density at radius 3 is 2.31 bits per heavy atom. The zero-order valence-corrected chi connectivity index (χ0v) is 11.3. The third-order valence-corrected chi connectivity index (χ3v) is 4.22. The van der Waals surface area contributed by atoms with E-state index in [1.54, 1.807) is 0 Å². The lowest BCUT2D eigenvalue weighted by molar-refractivity contribution is 0.128. The van der Waals surface area contributed by atoms with E-state index in [9.17, 15) is 0 Å². The van der Waals surface area contributed by atoms with Gasteiger partial charge in [0.25, 0.3) is 0 Å². The van der Waals surface area contributed by atoms with Gasteiger partial charge in [0.2, 0.25) is 0 Å². The number of piperidine rings is 1. The molecule has 0 aromatic heterocycles. The van der Waals surface area contributed by atoms with Crippen LogP contribution in [0.1, 0.15) is 52.9 Å². The highest BCUT2D eigenvalue weighted by Crippen LogP contribution is 2.32. The third-order valence-electron chi connectivity index (χ3n) is 4.22. The Morgan fingerprint density at radius 1 is 1.25 bits per heavy atom. The van der Waals surface area contributed by atoms with Crippen molar-refractivity contribution in [2.24, 2.45) is 5.92 Å². The van der Waals surface area contributed by atoms with Crippen LogP contribution in [0.25, 0.3) is 0 Å². The van der Waals surface area contributed by atoms with Crippen LogP contribution < -0.4 is 5.32 Å². The first kappa shape index (κ1) is 12.4. The Labute approximate surface area is 101 Å². The fourth-order valence-corrected chi connectivity index (χ4v) is 3.12. The van der Waals surface area contributed by atoms with Gasteiger partial charge >= 0.3 is 0 Å². The maximum Gasteiger partial charge on any atom is 0.0156 e.